The molecule has 0 N–H and O–H groups in total. The fourth-order valence-electron chi connectivity index (χ4n) is 4.62. The van der Waals surface area contributed by atoms with Crippen LogP contribution in [0.15, 0.2) is 35.5 Å². The Bertz CT molecular complexity index is 437. The zero-order chi connectivity index (χ0) is 20.7. The summed E-state index contributed by atoms with van der Waals surface area (Å²) in [5.74, 6) is 3.33. The lowest BCUT2D eigenvalue weighted by Crippen LogP contribution is -2.25. The fourth-order valence-corrected chi connectivity index (χ4v) is 4.62. The van der Waals surface area contributed by atoms with Crippen LogP contribution >= 0.6 is 0 Å². The minimum atomic E-state index is 0.796. The third kappa shape index (κ3) is 9.31. The van der Waals surface area contributed by atoms with Gasteiger partial charge in [0.2, 0.25) is 0 Å². The molecule has 0 fully saturated rings. The van der Waals surface area contributed by atoms with Gasteiger partial charge in [-0.05, 0) is 88.9 Å². The van der Waals surface area contributed by atoms with E-state index in [0.29, 0.717) is 0 Å². The van der Waals surface area contributed by atoms with Crippen molar-refractivity contribution in [3.8, 4) is 0 Å². The minimum absolute atomic E-state index is 0.796. The molecule has 0 heteroatoms. The van der Waals surface area contributed by atoms with Crippen LogP contribution in [0, 0.1) is 23.7 Å². The normalized spacial score (nSPS) is 26.1. The molecule has 0 saturated heterocycles. The van der Waals surface area contributed by atoms with Gasteiger partial charge < -0.3 is 0 Å². The van der Waals surface area contributed by atoms with E-state index in [-0.39, 0.29) is 0 Å². The summed E-state index contributed by atoms with van der Waals surface area (Å²) in [6, 6.07) is 0. The van der Waals surface area contributed by atoms with Crippen LogP contribution in [-0.2, 0) is 0 Å². The van der Waals surface area contributed by atoms with Crippen molar-refractivity contribution in [2.45, 2.75) is 113 Å². The lowest BCUT2D eigenvalue weighted by molar-refractivity contribution is 0.233. The quantitative estimate of drug-likeness (QED) is 0.389. The summed E-state index contributed by atoms with van der Waals surface area (Å²) in [7, 11) is 0. The van der Waals surface area contributed by atoms with Crippen molar-refractivity contribution in [1.29, 1.82) is 0 Å². The largest absolute Gasteiger partial charge is 0.0885 e. The van der Waals surface area contributed by atoms with Gasteiger partial charge in [0.25, 0.3) is 0 Å². The number of hydrogen-bond donors (Lipinski definition) is 0. The highest BCUT2D eigenvalue weighted by atomic mass is 14.3. The fraction of sp³-hybridized carbons (Fsp3) is 0.778. The van der Waals surface area contributed by atoms with Crippen molar-refractivity contribution < 1.29 is 0 Å². The van der Waals surface area contributed by atoms with Gasteiger partial charge in [-0.3, -0.25) is 0 Å². The van der Waals surface area contributed by atoms with E-state index < -0.39 is 0 Å². The molecule has 0 heterocycles. The Hall–Kier alpha value is -0.780. The summed E-state index contributed by atoms with van der Waals surface area (Å²) in [5, 5.41) is 0. The van der Waals surface area contributed by atoms with E-state index in [0.717, 1.165) is 23.7 Å². The Morgan fingerprint density at radius 1 is 1.07 bits per heavy atom. The number of allylic oxidation sites excluding steroid dienone is 6. The van der Waals surface area contributed by atoms with Gasteiger partial charge in [-0.2, -0.15) is 0 Å². The van der Waals surface area contributed by atoms with Gasteiger partial charge in [-0.25, -0.2) is 0 Å². The van der Waals surface area contributed by atoms with Crippen LogP contribution in [-0.4, -0.2) is 0 Å². The topological polar surface area (TPSA) is 0 Å². The number of rotatable bonds is 7. The molecule has 4 unspecified atom stereocenters. The molecular formula is C27H50. The maximum absolute atomic E-state index is 2.56. The lowest BCUT2D eigenvalue weighted by Gasteiger charge is -2.35. The second-order valence-electron chi connectivity index (χ2n) is 8.10. The summed E-state index contributed by atoms with van der Waals surface area (Å²) in [6.07, 6.45) is 21.9. The monoisotopic (exact) mass is 374 g/mol. The Balaban J connectivity index is 0.00000158. The average Bonchev–Trinajstić information content (AvgIpc) is 2.71. The van der Waals surface area contributed by atoms with Gasteiger partial charge in [-0.15, -0.1) is 0 Å². The second-order valence-corrected chi connectivity index (χ2v) is 8.10. The van der Waals surface area contributed by atoms with Gasteiger partial charge in [0.15, 0.2) is 0 Å². The van der Waals surface area contributed by atoms with E-state index in [4.69, 9.17) is 0 Å². The first kappa shape index (κ1) is 26.2. The van der Waals surface area contributed by atoms with E-state index in [1.807, 2.05) is 27.7 Å². The van der Waals surface area contributed by atoms with Crippen LogP contribution in [0.1, 0.15) is 113 Å². The smallest absolute Gasteiger partial charge is 0.0176 e. The molecular weight excluding hydrogens is 324 g/mol. The van der Waals surface area contributed by atoms with Crippen LogP contribution in [0.5, 0.6) is 0 Å². The van der Waals surface area contributed by atoms with Crippen LogP contribution in [0.4, 0.5) is 0 Å². The van der Waals surface area contributed by atoms with Crippen molar-refractivity contribution in [2.24, 2.45) is 23.7 Å². The van der Waals surface area contributed by atoms with E-state index in [9.17, 15) is 0 Å². The van der Waals surface area contributed by atoms with Crippen LogP contribution in [0.25, 0.3) is 0 Å². The molecule has 158 valence electrons. The molecule has 2 aliphatic carbocycles. The van der Waals surface area contributed by atoms with E-state index in [1.54, 1.807) is 11.1 Å². The Morgan fingerprint density at radius 3 is 2.41 bits per heavy atom. The summed E-state index contributed by atoms with van der Waals surface area (Å²) >= 11 is 0. The van der Waals surface area contributed by atoms with E-state index in [2.05, 4.69) is 52.0 Å². The van der Waals surface area contributed by atoms with Gasteiger partial charge >= 0.3 is 0 Å². The van der Waals surface area contributed by atoms with Crippen LogP contribution in [0.2, 0.25) is 0 Å². The Morgan fingerprint density at radius 2 is 1.78 bits per heavy atom. The molecule has 0 bridgehead atoms. The molecule has 0 aromatic rings. The summed E-state index contributed by atoms with van der Waals surface area (Å²) in [5.41, 5.74) is 3.39. The van der Waals surface area contributed by atoms with Crippen molar-refractivity contribution in [2.75, 3.05) is 0 Å². The highest BCUT2D eigenvalue weighted by molar-refractivity contribution is 5.16. The molecule has 0 spiro atoms. The van der Waals surface area contributed by atoms with Gasteiger partial charge in [0, 0.05) is 0 Å². The van der Waals surface area contributed by atoms with Gasteiger partial charge in [-0.1, -0.05) is 83.4 Å². The van der Waals surface area contributed by atoms with Crippen molar-refractivity contribution in [1.82, 2.24) is 0 Å². The maximum atomic E-state index is 2.56. The molecule has 0 aromatic carbocycles. The molecule has 0 radical (unpaired) electrons. The minimum Gasteiger partial charge on any atom is -0.0885 e. The zero-order valence-electron chi connectivity index (χ0n) is 20.0. The molecule has 4 atom stereocenters. The molecule has 2 aliphatic rings. The van der Waals surface area contributed by atoms with E-state index in [1.165, 1.54) is 57.8 Å². The first-order chi connectivity index (χ1) is 13.1. The third-order valence-corrected chi connectivity index (χ3v) is 6.39. The highest BCUT2D eigenvalue weighted by Gasteiger charge is 2.29. The molecule has 27 heavy (non-hydrogen) atoms. The van der Waals surface area contributed by atoms with Crippen LogP contribution in [0.3, 0.4) is 0 Å². The molecule has 0 amide bonds. The highest BCUT2D eigenvalue weighted by Crippen LogP contribution is 2.40. The summed E-state index contributed by atoms with van der Waals surface area (Å²) in [4.78, 5) is 0. The SMILES string of the molecule is CC.CC.CCC/C=C\CC(CC1CCCC(C)=C1C)C1C=CCCC1C. The van der Waals surface area contributed by atoms with E-state index >= 15 is 0 Å². The Kier molecular flexibility index (Phi) is 15.7. The second kappa shape index (κ2) is 16.2. The first-order valence-electron chi connectivity index (χ1n) is 12.1. The summed E-state index contributed by atoms with van der Waals surface area (Å²) in [6.45, 7) is 17.5. The third-order valence-electron chi connectivity index (χ3n) is 6.39. The van der Waals surface area contributed by atoms with Gasteiger partial charge in [0.1, 0.15) is 0 Å². The number of hydrogen-bond acceptors (Lipinski definition) is 0. The maximum Gasteiger partial charge on any atom is -0.0176 e. The van der Waals surface area contributed by atoms with Gasteiger partial charge in [0.05, 0.1) is 0 Å². The molecule has 0 aromatic heterocycles. The average molecular weight is 375 g/mol. The predicted molar refractivity (Wildman–Crippen MR) is 126 cm³/mol. The predicted octanol–water partition coefficient (Wildman–Crippen LogP) is 9.53. The summed E-state index contributed by atoms with van der Waals surface area (Å²) < 4.78 is 0. The zero-order valence-corrected chi connectivity index (χ0v) is 20.0. The number of unbranched alkanes of at least 4 members (excludes halogenated alkanes) is 1. The van der Waals surface area contributed by atoms with Crippen molar-refractivity contribution in [3.63, 3.8) is 0 Å². The molecule has 0 aliphatic heterocycles. The first-order valence-corrected chi connectivity index (χ1v) is 12.1. The van der Waals surface area contributed by atoms with Crippen molar-refractivity contribution >= 4 is 0 Å². The lowest BCUT2D eigenvalue weighted by atomic mass is 9.70. The molecule has 0 nitrogen and oxygen atoms in total. The van der Waals surface area contributed by atoms with Crippen molar-refractivity contribution in [3.05, 3.63) is 35.5 Å². The standard InChI is InChI=1S/C23H38.2C2H6/c1-5-6-7-8-14-22(23-16-10-9-12-19(23)3)17-21-15-11-13-18(2)20(21)4;2*1-2/h7-8,10,16,19,21-23H,5-6,9,11-15,17H2,1-4H3;2*1-2H3/b8-7-;;. The molecule has 0 saturated carbocycles. The molecule has 2 rings (SSSR count). The Labute approximate surface area is 172 Å². The van der Waals surface area contributed by atoms with Crippen LogP contribution < -0.4 is 0 Å².